The molecule has 0 bridgehead atoms. The predicted molar refractivity (Wildman–Crippen MR) is 61.2 cm³/mol. The Morgan fingerprint density at radius 1 is 1.47 bits per heavy atom. The van der Waals surface area contributed by atoms with E-state index in [0.29, 0.717) is 5.56 Å². The number of nitrogens with zero attached hydrogens (tertiary/aromatic N) is 2. The van der Waals surface area contributed by atoms with E-state index in [4.69, 9.17) is 5.73 Å². The van der Waals surface area contributed by atoms with Gasteiger partial charge in [-0.3, -0.25) is 4.68 Å². The van der Waals surface area contributed by atoms with Crippen LogP contribution >= 0.6 is 0 Å². The highest BCUT2D eigenvalue weighted by Crippen LogP contribution is 2.23. The molecular formula is C11H17F4N3O. The van der Waals surface area contributed by atoms with Gasteiger partial charge in [-0.1, -0.05) is 6.92 Å². The van der Waals surface area contributed by atoms with Crippen LogP contribution in [-0.4, -0.2) is 35.3 Å². The molecule has 1 aromatic heterocycles. The summed E-state index contributed by atoms with van der Waals surface area (Å²) < 4.78 is 55.1. The lowest BCUT2D eigenvalue weighted by Crippen LogP contribution is -2.33. The molecular weight excluding hydrogens is 266 g/mol. The summed E-state index contributed by atoms with van der Waals surface area (Å²) in [4.78, 5) is 0. The van der Waals surface area contributed by atoms with Gasteiger partial charge >= 0.3 is 12.3 Å². The molecule has 1 heterocycles. The number of hydrogen-bond acceptors (Lipinski definition) is 3. The minimum atomic E-state index is -4.15. The lowest BCUT2D eigenvalue weighted by molar-refractivity contribution is -0.166. The SMILES string of the molecule is CCCn1cc(C(N)COCC(F)(F)C(F)F)cn1. The predicted octanol–water partition coefficient (Wildman–Crippen LogP) is 2.21. The number of ether oxygens (including phenoxy) is 1. The van der Waals surface area contributed by atoms with Gasteiger partial charge in [0, 0.05) is 18.3 Å². The van der Waals surface area contributed by atoms with Crippen molar-refractivity contribution in [2.75, 3.05) is 13.2 Å². The second-order valence-electron chi connectivity index (χ2n) is 4.22. The van der Waals surface area contributed by atoms with Crippen LogP contribution in [0.3, 0.4) is 0 Å². The second-order valence-corrected chi connectivity index (χ2v) is 4.22. The van der Waals surface area contributed by atoms with E-state index in [1.165, 1.54) is 6.20 Å². The van der Waals surface area contributed by atoms with Gasteiger partial charge in [-0.25, -0.2) is 8.78 Å². The Morgan fingerprint density at radius 2 is 2.16 bits per heavy atom. The molecule has 0 amide bonds. The molecule has 0 aliphatic heterocycles. The van der Waals surface area contributed by atoms with E-state index in [0.717, 1.165) is 13.0 Å². The quantitative estimate of drug-likeness (QED) is 0.744. The summed E-state index contributed by atoms with van der Waals surface area (Å²) in [7, 11) is 0. The number of rotatable bonds is 8. The van der Waals surface area contributed by atoms with Crippen LogP contribution in [-0.2, 0) is 11.3 Å². The Morgan fingerprint density at radius 3 is 2.74 bits per heavy atom. The minimum absolute atomic E-state index is 0.264. The highest BCUT2D eigenvalue weighted by Gasteiger charge is 2.41. The first-order valence-electron chi connectivity index (χ1n) is 5.88. The maximum absolute atomic E-state index is 12.6. The number of aromatic nitrogens is 2. The smallest absolute Gasteiger partial charge is 0.330 e. The molecule has 0 fully saturated rings. The summed E-state index contributed by atoms with van der Waals surface area (Å²) in [6.07, 6.45) is 0.349. The maximum Gasteiger partial charge on any atom is 0.330 e. The first kappa shape index (κ1) is 15.9. The van der Waals surface area contributed by atoms with Crippen molar-refractivity contribution in [3.05, 3.63) is 18.0 Å². The van der Waals surface area contributed by atoms with Crippen LogP contribution < -0.4 is 5.73 Å². The summed E-state index contributed by atoms with van der Waals surface area (Å²) in [6.45, 7) is 1.09. The van der Waals surface area contributed by atoms with Crippen molar-refractivity contribution in [2.45, 2.75) is 38.3 Å². The van der Waals surface area contributed by atoms with E-state index in [9.17, 15) is 17.6 Å². The van der Waals surface area contributed by atoms with E-state index in [1.54, 1.807) is 10.9 Å². The van der Waals surface area contributed by atoms with Gasteiger partial charge in [-0.2, -0.15) is 13.9 Å². The van der Waals surface area contributed by atoms with Gasteiger partial charge in [-0.05, 0) is 6.42 Å². The Labute approximate surface area is 108 Å². The van der Waals surface area contributed by atoms with Crippen LogP contribution in [0.2, 0.25) is 0 Å². The van der Waals surface area contributed by atoms with Gasteiger partial charge in [0.15, 0.2) is 0 Å². The largest absolute Gasteiger partial charge is 0.373 e. The molecule has 110 valence electrons. The average Bonchev–Trinajstić information content (AvgIpc) is 2.77. The van der Waals surface area contributed by atoms with Crippen molar-refractivity contribution in [3.63, 3.8) is 0 Å². The monoisotopic (exact) mass is 283 g/mol. The average molecular weight is 283 g/mol. The van der Waals surface area contributed by atoms with Crippen LogP contribution in [0.5, 0.6) is 0 Å². The van der Waals surface area contributed by atoms with Gasteiger partial charge in [0.1, 0.15) is 6.61 Å². The van der Waals surface area contributed by atoms with Crippen molar-refractivity contribution >= 4 is 0 Å². The first-order valence-corrected chi connectivity index (χ1v) is 5.88. The van der Waals surface area contributed by atoms with Crippen LogP contribution in [0.25, 0.3) is 0 Å². The van der Waals surface area contributed by atoms with Crippen LogP contribution in [0.1, 0.15) is 24.9 Å². The lowest BCUT2D eigenvalue weighted by atomic mass is 10.2. The van der Waals surface area contributed by atoms with Gasteiger partial charge in [0.2, 0.25) is 0 Å². The van der Waals surface area contributed by atoms with Crippen molar-refractivity contribution in [3.8, 4) is 0 Å². The summed E-state index contributed by atoms with van der Waals surface area (Å²) in [5.41, 5.74) is 6.32. The number of hydrogen-bond donors (Lipinski definition) is 1. The fourth-order valence-corrected chi connectivity index (χ4v) is 1.40. The van der Waals surface area contributed by atoms with E-state index < -0.39 is 25.0 Å². The first-order chi connectivity index (χ1) is 8.86. The molecule has 19 heavy (non-hydrogen) atoms. The fraction of sp³-hybridized carbons (Fsp3) is 0.727. The summed E-state index contributed by atoms with van der Waals surface area (Å²) in [5.74, 6) is -4.15. The van der Waals surface area contributed by atoms with E-state index >= 15 is 0 Å². The van der Waals surface area contributed by atoms with Gasteiger partial charge in [0.25, 0.3) is 0 Å². The molecule has 4 nitrogen and oxygen atoms in total. The van der Waals surface area contributed by atoms with E-state index in [2.05, 4.69) is 9.84 Å². The van der Waals surface area contributed by atoms with Gasteiger partial charge in [-0.15, -0.1) is 0 Å². The third-order valence-electron chi connectivity index (χ3n) is 2.45. The zero-order valence-electron chi connectivity index (χ0n) is 10.5. The molecule has 0 radical (unpaired) electrons. The van der Waals surface area contributed by atoms with Crippen LogP contribution in [0.4, 0.5) is 17.6 Å². The molecule has 0 saturated carbocycles. The van der Waals surface area contributed by atoms with Crippen molar-refractivity contribution in [2.24, 2.45) is 5.73 Å². The number of aryl methyl sites for hydroxylation is 1. The van der Waals surface area contributed by atoms with E-state index in [-0.39, 0.29) is 6.61 Å². The Kier molecular flexibility index (Phi) is 5.74. The molecule has 1 rings (SSSR count). The standard InChI is InChI=1S/C11H17F4N3O/c1-2-3-18-5-8(4-17-18)9(16)6-19-7-11(14,15)10(12)13/h4-5,9-10H,2-3,6-7,16H2,1H3. The summed E-state index contributed by atoms with van der Waals surface area (Å²) in [6, 6.07) is -0.668. The zero-order chi connectivity index (χ0) is 14.5. The third kappa shape index (κ3) is 4.79. The Balaban J connectivity index is 2.40. The highest BCUT2D eigenvalue weighted by molar-refractivity contribution is 5.09. The van der Waals surface area contributed by atoms with E-state index in [1.807, 2.05) is 6.92 Å². The number of nitrogens with two attached hydrogens (primary N) is 1. The molecule has 0 saturated heterocycles. The molecule has 0 aliphatic carbocycles. The van der Waals surface area contributed by atoms with Gasteiger partial charge in [0.05, 0.1) is 18.8 Å². The number of halogens is 4. The highest BCUT2D eigenvalue weighted by atomic mass is 19.3. The van der Waals surface area contributed by atoms with Crippen molar-refractivity contribution < 1.29 is 22.3 Å². The normalized spacial score (nSPS) is 14.1. The Hall–Kier alpha value is -1.15. The fourth-order valence-electron chi connectivity index (χ4n) is 1.40. The molecule has 8 heteroatoms. The molecule has 1 aromatic rings. The molecule has 0 aromatic carbocycles. The van der Waals surface area contributed by atoms with Crippen molar-refractivity contribution in [1.29, 1.82) is 0 Å². The second kappa shape index (κ2) is 6.85. The molecule has 0 spiro atoms. The number of alkyl halides is 4. The van der Waals surface area contributed by atoms with Crippen molar-refractivity contribution in [1.82, 2.24) is 9.78 Å². The molecule has 1 atom stereocenters. The molecule has 1 unspecified atom stereocenters. The maximum atomic E-state index is 12.6. The summed E-state index contributed by atoms with van der Waals surface area (Å²) in [5, 5.41) is 4.03. The molecule has 2 N–H and O–H groups in total. The Bertz CT molecular complexity index is 384. The third-order valence-corrected chi connectivity index (χ3v) is 2.45. The zero-order valence-corrected chi connectivity index (χ0v) is 10.5. The van der Waals surface area contributed by atoms with Crippen LogP contribution in [0, 0.1) is 0 Å². The summed E-state index contributed by atoms with van der Waals surface area (Å²) >= 11 is 0. The topological polar surface area (TPSA) is 53.1 Å². The van der Waals surface area contributed by atoms with Crippen LogP contribution in [0.15, 0.2) is 12.4 Å². The lowest BCUT2D eigenvalue weighted by Gasteiger charge is -2.16. The minimum Gasteiger partial charge on any atom is -0.373 e. The van der Waals surface area contributed by atoms with Gasteiger partial charge < -0.3 is 10.5 Å². The molecule has 0 aliphatic rings.